The quantitative estimate of drug-likeness (QED) is 0.651. The first kappa shape index (κ1) is 17.3. The van der Waals surface area contributed by atoms with Crippen molar-refractivity contribution in [1.82, 2.24) is 5.32 Å². The van der Waals surface area contributed by atoms with Gasteiger partial charge >= 0.3 is 0 Å². The summed E-state index contributed by atoms with van der Waals surface area (Å²) in [7, 11) is 0. The maximum absolute atomic E-state index is 11.7. The number of amides is 1. The molecule has 1 unspecified atom stereocenters. The van der Waals surface area contributed by atoms with Gasteiger partial charge in [-0.05, 0) is 32.4 Å². The van der Waals surface area contributed by atoms with Crippen LogP contribution in [0.4, 0.5) is 5.69 Å². The Labute approximate surface area is 127 Å². The number of hydrogen-bond acceptors (Lipinski definition) is 4. The molecule has 0 radical (unpaired) electrons. The van der Waals surface area contributed by atoms with Crippen LogP contribution in [0.3, 0.4) is 0 Å². The van der Waals surface area contributed by atoms with Gasteiger partial charge in [0.25, 0.3) is 0 Å². The molecule has 0 aromatic heterocycles. The second kappa shape index (κ2) is 10.0. The second-order valence-corrected chi connectivity index (χ2v) is 4.80. The summed E-state index contributed by atoms with van der Waals surface area (Å²) in [6.45, 7) is 8.03. The van der Waals surface area contributed by atoms with Crippen LogP contribution >= 0.6 is 0 Å². The minimum atomic E-state index is -0.00739. The summed E-state index contributed by atoms with van der Waals surface area (Å²) in [4.78, 5) is 11.7. The molecule has 0 fully saturated rings. The van der Waals surface area contributed by atoms with Gasteiger partial charge in [0.2, 0.25) is 5.91 Å². The van der Waals surface area contributed by atoms with E-state index in [9.17, 15) is 4.79 Å². The number of carbonyl (C=O) groups excluding carboxylic acids is 1. The maximum atomic E-state index is 11.7. The molecule has 0 spiro atoms. The summed E-state index contributed by atoms with van der Waals surface area (Å²) in [5.74, 6) is 0.758. The van der Waals surface area contributed by atoms with Crippen LogP contribution < -0.4 is 15.4 Å². The Morgan fingerprint density at radius 3 is 2.81 bits per heavy atom. The van der Waals surface area contributed by atoms with Crippen molar-refractivity contribution in [3.05, 3.63) is 24.3 Å². The number of benzene rings is 1. The minimum absolute atomic E-state index is 0.00739. The van der Waals surface area contributed by atoms with Gasteiger partial charge in [0.1, 0.15) is 12.4 Å². The zero-order chi connectivity index (χ0) is 15.5. The van der Waals surface area contributed by atoms with E-state index in [1.807, 2.05) is 45.0 Å². The summed E-state index contributed by atoms with van der Waals surface area (Å²) in [5.41, 5.74) is 0.864. The van der Waals surface area contributed by atoms with Crippen LogP contribution in [0.5, 0.6) is 5.75 Å². The predicted molar refractivity (Wildman–Crippen MR) is 84.8 cm³/mol. The van der Waals surface area contributed by atoms with Crippen LogP contribution in [0.15, 0.2) is 24.3 Å². The first-order valence-corrected chi connectivity index (χ1v) is 7.49. The zero-order valence-electron chi connectivity index (χ0n) is 13.1. The highest BCUT2D eigenvalue weighted by molar-refractivity contribution is 5.81. The number of rotatable bonds is 10. The van der Waals surface area contributed by atoms with Crippen molar-refractivity contribution in [3.8, 4) is 5.75 Å². The molecule has 5 nitrogen and oxygen atoms in total. The van der Waals surface area contributed by atoms with Crippen molar-refractivity contribution < 1.29 is 14.3 Å². The summed E-state index contributed by atoms with van der Waals surface area (Å²) in [6, 6.07) is 7.77. The number of hydrogen-bond donors (Lipinski definition) is 2. The molecule has 0 aliphatic carbocycles. The fraction of sp³-hybridized carbons (Fsp3) is 0.562. The van der Waals surface area contributed by atoms with Crippen LogP contribution in [0.25, 0.3) is 0 Å². The van der Waals surface area contributed by atoms with Gasteiger partial charge in [-0.1, -0.05) is 13.0 Å². The van der Waals surface area contributed by atoms with E-state index in [2.05, 4.69) is 10.6 Å². The van der Waals surface area contributed by atoms with Gasteiger partial charge in [-0.2, -0.15) is 0 Å². The molecule has 0 aliphatic heterocycles. The molecule has 0 bridgehead atoms. The molecule has 5 heteroatoms. The van der Waals surface area contributed by atoms with E-state index in [4.69, 9.17) is 9.47 Å². The van der Waals surface area contributed by atoms with Crippen molar-refractivity contribution >= 4 is 11.6 Å². The zero-order valence-corrected chi connectivity index (χ0v) is 13.1. The van der Waals surface area contributed by atoms with Gasteiger partial charge in [-0.25, -0.2) is 0 Å². The molecule has 0 saturated carbocycles. The first-order valence-electron chi connectivity index (χ1n) is 7.49. The van der Waals surface area contributed by atoms with Crippen LogP contribution in [0, 0.1) is 0 Å². The molecule has 1 rings (SSSR count). The molecule has 21 heavy (non-hydrogen) atoms. The molecule has 1 aromatic carbocycles. The Bertz CT molecular complexity index is 424. The van der Waals surface area contributed by atoms with Gasteiger partial charge in [-0.15, -0.1) is 0 Å². The third-order valence-corrected chi connectivity index (χ3v) is 3.01. The van der Waals surface area contributed by atoms with Gasteiger partial charge in [-0.3, -0.25) is 4.79 Å². The number of carbonyl (C=O) groups is 1. The Morgan fingerprint density at radius 2 is 2.10 bits per heavy atom. The molecule has 118 valence electrons. The maximum Gasteiger partial charge on any atom is 0.239 e. The fourth-order valence-corrected chi connectivity index (χ4v) is 1.67. The molecule has 2 N–H and O–H groups in total. The largest absolute Gasteiger partial charge is 0.491 e. The Morgan fingerprint density at radius 1 is 1.29 bits per heavy atom. The Balaban J connectivity index is 2.36. The standard InChI is InChI=1S/C16H26N2O3/c1-4-13(3)18-16(19)12-17-14-7-6-8-15(11-14)21-10-9-20-5-2/h6-8,11,13,17H,4-5,9-10,12H2,1-3H3,(H,18,19). The number of nitrogens with one attached hydrogen (secondary N) is 2. The van der Waals surface area contributed by atoms with Crippen LogP contribution in [-0.2, 0) is 9.53 Å². The molecule has 1 aromatic rings. The molecular weight excluding hydrogens is 268 g/mol. The lowest BCUT2D eigenvalue weighted by atomic mass is 10.2. The highest BCUT2D eigenvalue weighted by Crippen LogP contribution is 2.16. The topological polar surface area (TPSA) is 59.6 Å². The van der Waals surface area contributed by atoms with Gasteiger partial charge in [0.15, 0.2) is 0 Å². The highest BCUT2D eigenvalue weighted by Gasteiger charge is 2.05. The van der Waals surface area contributed by atoms with E-state index in [1.54, 1.807) is 0 Å². The predicted octanol–water partition coefficient (Wildman–Crippen LogP) is 2.43. The smallest absolute Gasteiger partial charge is 0.239 e. The van der Waals surface area contributed by atoms with Crippen molar-refractivity contribution in [1.29, 1.82) is 0 Å². The van der Waals surface area contributed by atoms with Crippen LogP contribution in [0.2, 0.25) is 0 Å². The molecule has 1 atom stereocenters. The second-order valence-electron chi connectivity index (χ2n) is 4.80. The van der Waals surface area contributed by atoms with E-state index in [-0.39, 0.29) is 18.5 Å². The molecule has 0 aliphatic rings. The molecule has 1 amide bonds. The van der Waals surface area contributed by atoms with Crippen LogP contribution in [-0.4, -0.2) is 38.3 Å². The Kier molecular flexibility index (Phi) is 8.28. The Hall–Kier alpha value is -1.75. The normalized spacial score (nSPS) is 11.8. The third kappa shape index (κ3) is 7.56. The molecular formula is C16H26N2O3. The molecule has 0 saturated heterocycles. The van der Waals surface area contributed by atoms with E-state index in [1.165, 1.54) is 0 Å². The third-order valence-electron chi connectivity index (χ3n) is 3.01. The average Bonchev–Trinajstić information content (AvgIpc) is 2.50. The summed E-state index contributed by atoms with van der Waals surface area (Å²) < 4.78 is 10.8. The monoisotopic (exact) mass is 294 g/mol. The number of ether oxygens (including phenoxy) is 2. The van der Waals surface area contributed by atoms with Crippen molar-refractivity contribution in [2.75, 3.05) is 31.7 Å². The fourth-order valence-electron chi connectivity index (χ4n) is 1.67. The van der Waals surface area contributed by atoms with E-state index in [0.717, 1.165) is 17.9 Å². The first-order chi connectivity index (χ1) is 10.2. The lowest BCUT2D eigenvalue weighted by Gasteiger charge is -2.13. The highest BCUT2D eigenvalue weighted by atomic mass is 16.5. The summed E-state index contributed by atoms with van der Waals surface area (Å²) in [5, 5.41) is 6.01. The molecule has 0 heterocycles. The minimum Gasteiger partial charge on any atom is -0.491 e. The van der Waals surface area contributed by atoms with Crippen LogP contribution in [0.1, 0.15) is 27.2 Å². The van der Waals surface area contributed by atoms with E-state index < -0.39 is 0 Å². The van der Waals surface area contributed by atoms with Gasteiger partial charge in [0, 0.05) is 24.4 Å². The van der Waals surface area contributed by atoms with Crippen molar-refractivity contribution in [2.24, 2.45) is 0 Å². The van der Waals surface area contributed by atoms with Crippen molar-refractivity contribution in [3.63, 3.8) is 0 Å². The lowest BCUT2D eigenvalue weighted by Crippen LogP contribution is -2.36. The lowest BCUT2D eigenvalue weighted by molar-refractivity contribution is -0.120. The van der Waals surface area contributed by atoms with Gasteiger partial charge in [0.05, 0.1) is 13.2 Å². The van der Waals surface area contributed by atoms with E-state index >= 15 is 0 Å². The van der Waals surface area contributed by atoms with Gasteiger partial charge < -0.3 is 20.1 Å². The number of anilines is 1. The van der Waals surface area contributed by atoms with E-state index in [0.29, 0.717) is 19.8 Å². The average molecular weight is 294 g/mol. The summed E-state index contributed by atoms with van der Waals surface area (Å²) >= 11 is 0. The van der Waals surface area contributed by atoms with Crippen molar-refractivity contribution in [2.45, 2.75) is 33.2 Å². The SMILES string of the molecule is CCOCCOc1cccc(NCC(=O)NC(C)CC)c1. The summed E-state index contributed by atoms with van der Waals surface area (Å²) in [6.07, 6.45) is 0.925.